The van der Waals surface area contributed by atoms with Gasteiger partial charge in [-0.15, -0.1) is 0 Å². The zero-order valence-electron chi connectivity index (χ0n) is 32.9. The van der Waals surface area contributed by atoms with Crippen molar-refractivity contribution in [1.82, 2.24) is 0 Å². The molecule has 0 aromatic heterocycles. The quantitative estimate of drug-likeness (QED) is 0.158. The van der Waals surface area contributed by atoms with E-state index in [0.29, 0.717) is 0 Å². The highest BCUT2D eigenvalue weighted by molar-refractivity contribution is 6.19. The zero-order valence-corrected chi connectivity index (χ0v) is 32.9. The molecule has 0 heterocycles. The van der Waals surface area contributed by atoms with Crippen molar-refractivity contribution in [3.63, 3.8) is 0 Å². The molecule has 11 aromatic rings. The Morgan fingerprint density at radius 1 is 0.167 bits per heavy atom. The number of hydrogen-bond donors (Lipinski definition) is 0. The van der Waals surface area contributed by atoms with Gasteiger partial charge in [0.1, 0.15) is 0 Å². The van der Waals surface area contributed by atoms with Crippen molar-refractivity contribution in [2.45, 2.75) is 0 Å². The van der Waals surface area contributed by atoms with Gasteiger partial charge in [0.15, 0.2) is 0 Å². The van der Waals surface area contributed by atoms with E-state index in [1.54, 1.807) is 0 Å². The highest BCUT2D eigenvalue weighted by Gasteiger charge is 2.30. The van der Waals surface area contributed by atoms with Crippen molar-refractivity contribution in [3.8, 4) is 89.0 Å². The molecule has 1 aliphatic rings. The first-order valence-corrected chi connectivity index (χ1v) is 20.8. The first-order valence-electron chi connectivity index (χ1n) is 20.8. The second-order valence-corrected chi connectivity index (χ2v) is 15.9. The van der Waals surface area contributed by atoms with Crippen LogP contribution in [0.3, 0.4) is 0 Å². The van der Waals surface area contributed by atoms with E-state index in [2.05, 4.69) is 231 Å². The van der Waals surface area contributed by atoms with E-state index in [1.807, 2.05) is 0 Å². The van der Waals surface area contributed by atoms with Gasteiger partial charge >= 0.3 is 0 Å². The van der Waals surface area contributed by atoms with Crippen molar-refractivity contribution in [2.24, 2.45) is 0 Å². The summed E-state index contributed by atoms with van der Waals surface area (Å²) in [5, 5.41) is 7.52. The molecular formula is C60H38. The maximum Gasteiger partial charge on any atom is -0.00136 e. The SMILES string of the molecule is c1ccc(-c2c(-c3ccccc3)c(-c3ccc4ccccc4c3)c(-c3ccc4ccccc4c3)c(-c3ccccc3)c2-c2ccc3c(c2)-c2cccc4cccc-3c24)cc1. The standard InChI is InChI=1S/C60H38/c1-4-18-42(19-5-1)55-56(43-20-6-2-7-21-43)60(49-34-35-50-51-28-14-26-41-27-15-29-52(54(41)51)53(50)38-49)57(44-22-8-3-9-23-44)59(48-33-31-40-17-11-13-25-46(40)37-48)58(55)47-32-30-39-16-10-12-24-45(39)36-47/h1-38H. The van der Waals surface area contributed by atoms with Crippen LogP contribution < -0.4 is 0 Å². The lowest BCUT2D eigenvalue weighted by atomic mass is 9.73. The fraction of sp³-hybridized carbons (Fsp3) is 0. The van der Waals surface area contributed by atoms with Gasteiger partial charge < -0.3 is 0 Å². The van der Waals surface area contributed by atoms with Crippen molar-refractivity contribution in [1.29, 1.82) is 0 Å². The second kappa shape index (κ2) is 13.9. The predicted octanol–water partition coefficient (Wildman–Crippen LogP) is 16.8. The molecule has 278 valence electrons. The summed E-state index contributed by atoms with van der Waals surface area (Å²) in [5.41, 5.74) is 19.6. The van der Waals surface area contributed by atoms with Crippen LogP contribution in [0.15, 0.2) is 231 Å². The smallest absolute Gasteiger partial charge is 0.00136 e. The van der Waals surface area contributed by atoms with E-state index in [0.717, 1.165) is 0 Å². The van der Waals surface area contributed by atoms with Crippen molar-refractivity contribution in [2.75, 3.05) is 0 Å². The molecule has 0 heteroatoms. The average molecular weight is 759 g/mol. The van der Waals surface area contributed by atoms with E-state index < -0.39 is 0 Å². The molecule has 0 amide bonds. The third-order valence-corrected chi connectivity index (χ3v) is 12.6. The number of benzene rings is 11. The first-order chi connectivity index (χ1) is 29.8. The monoisotopic (exact) mass is 758 g/mol. The Morgan fingerprint density at radius 2 is 0.517 bits per heavy atom. The van der Waals surface area contributed by atoms with Gasteiger partial charge in [-0.3, -0.25) is 0 Å². The maximum absolute atomic E-state index is 2.48. The van der Waals surface area contributed by atoms with Crippen LogP contribution in [0.4, 0.5) is 0 Å². The molecule has 12 rings (SSSR count). The molecule has 11 aromatic carbocycles. The van der Waals surface area contributed by atoms with Crippen LogP contribution in [-0.2, 0) is 0 Å². The minimum absolute atomic E-state index is 1.18. The summed E-state index contributed by atoms with van der Waals surface area (Å²) in [6.45, 7) is 0. The van der Waals surface area contributed by atoms with E-state index in [1.165, 1.54) is 121 Å². The van der Waals surface area contributed by atoms with Gasteiger partial charge in [0.25, 0.3) is 0 Å². The van der Waals surface area contributed by atoms with Crippen LogP contribution in [0.25, 0.3) is 121 Å². The third kappa shape index (κ3) is 5.46. The summed E-state index contributed by atoms with van der Waals surface area (Å²) in [7, 11) is 0. The lowest BCUT2D eigenvalue weighted by molar-refractivity contribution is 1.52. The molecule has 0 fully saturated rings. The molecular weight excluding hydrogens is 721 g/mol. The largest absolute Gasteiger partial charge is 0.0622 e. The lowest BCUT2D eigenvalue weighted by Crippen LogP contribution is -2.02. The molecule has 0 atom stereocenters. The average Bonchev–Trinajstić information content (AvgIpc) is 3.65. The van der Waals surface area contributed by atoms with E-state index in [4.69, 9.17) is 0 Å². The molecule has 60 heavy (non-hydrogen) atoms. The molecule has 0 bridgehead atoms. The van der Waals surface area contributed by atoms with Crippen LogP contribution >= 0.6 is 0 Å². The van der Waals surface area contributed by atoms with Gasteiger partial charge in [-0.1, -0.05) is 212 Å². The predicted molar refractivity (Wildman–Crippen MR) is 256 cm³/mol. The van der Waals surface area contributed by atoms with E-state index >= 15 is 0 Å². The van der Waals surface area contributed by atoms with E-state index in [9.17, 15) is 0 Å². The summed E-state index contributed by atoms with van der Waals surface area (Å²) in [6.07, 6.45) is 0. The first kappa shape index (κ1) is 34.3. The Balaban J connectivity index is 1.32. The Kier molecular flexibility index (Phi) is 7.96. The van der Waals surface area contributed by atoms with Gasteiger partial charge in [-0.25, -0.2) is 0 Å². The van der Waals surface area contributed by atoms with Crippen molar-refractivity contribution in [3.05, 3.63) is 231 Å². The van der Waals surface area contributed by atoms with E-state index in [-0.39, 0.29) is 0 Å². The molecule has 1 aliphatic carbocycles. The molecule has 0 saturated heterocycles. The van der Waals surface area contributed by atoms with Crippen LogP contribution in [0, 0.1) is 0 Å². The Morgan fingerprint density at radius 3 is 0.983 bits per heavy atom. The van der Waals surface area contributed by atoms with Crippen LogP contribution in [0.1, 0.15) is 0 Å². The second-order valence-electron chi connectivity index (χ2n) is 15.9. The number of rotatable bonds is 6. The van der Waals surface area contributed by atoms with Crippen LogP contribution in [-0.4, -0.2) is 0 Å². The minimum Gasteiger partial charge on any atom is -0.0622 e. The Hall–Kier alpha value is -7.80. The molecule has 0 N–H and O–H groups in total. The van der Waals surface area contributed by atoms with Gasteiger partial charge in [-0.2, -0.15) is 0 Å². The van der Waals surface area contributed by atoms with Crippen LogP contribution in [0.5, 0.6) is 0 Å². The highest BCUT2D eigenvalue weighted by Crippen LogP contribution is 2.57. The van der Waals surface area contributed by atoms with Gasteiger partial charge in [0, 0.05) is 0 Å². The number of fused-ring (bicyclic) bond motifs is 5. The maximum atomic E-state index is 2.48. The molecule has 0 aliphatic heterocycles. The fourth-order valence-electron chi connectivity index (χ4n) is 9.93. The molecule has 0 unspecified atom stereocenters. The summed E-state index contributed by atoms with van der Waals surface area (Å²) < 4.78 is 0. The van der Waals surface area contributed by atoms with Gasteiger partial charge in [0.05, 0.1) is 0 Å². The van der Waals surface area contributed by atoms with Crippen LogP contribution in [0.2, 0.25) is 0 Å². The fourth-order valence-corrected chi connectivity index (χ4v) is 9.93. The zero-order chi connectivity index (χ0) is 39.6. The minimum atomic E-state index is 1.18. The molecule has 0 saturated carbocycles. The number of hydrogen-bond acceptors (Lipinski definition) is 0. The van der Waals surface area contributed by atoms with Gasteiger partial charge in [0.2, 0.25) is 0 Å². The topological polar surface area (TPSA) is 0 Å². The molecule has 0 spiro atoms. The Bertz CT molecular complexity index is 3440. The lowest BCUT2D eigenvalue weighted by Gasteiger charge is -2.29. The third-order valence-electron chi connectivity index (χ3n) is 12.6. The summed E-state index contributed by atoms with van der Waals surface area (Å²) in [6, 6.07) is 85.5. The van der Waals surface area contributed by atoms with Crippen molar-refractivity contribution >= 4 is 32.3 Å². The normalized spacial score (nSPS) is 11.7. The summed E-state index contributed by atoms with van der Waals surface area (Å²) in [4.78, 5) is 0. The molecule has 0 radical (unpaired) electrons. The summed E-state index contributed by atoms with van der Waals surface area (Å²) >= 11 is 0. The highest BCUT2D eigenvalue weighted by atomic mass is 14.3. The Labute approximate surface area is 350 Å². The van der Waals surface area contributed by atoms with Crippen molar-refractivity contribution < 1.29 is 0 Å². The van der Waals surface area contributed by atoms with Gasteiger partial charge in [-0.05, 0) is 140 Å². The summed E-state index contributed by atoms with van der Waals surface area (Å²) in [5.74, 6) is 0. The molecule has 0 nitrogen and oxygen atoms in total.